The maximum atomic E-state index is 10.2. The van der Waals surface area contributed by atoms with Gasteiger partial charge >= 0.3 is 0 Å². The van der Waals surface area contributed by atoms with Crippen LogP contribution in [-0.2, 0) is 19.1 Å². The summed E-state index contributed by atoms with van der Waals surface area (Å²) >= 11 is 0. The van der Waals surface area contributed by atoms with Crippen LogP contribution in [0.25, 0.3) is 0 Å². The lowest BCUT2D eigenvalue weighted by molar-refractivity contribution is -0.143. The Balaban J connectivity index is 2.66. The average Bonchev–Trinajstić information content (AvgIpc) is 2.25. The highest BCUT2D eigenvalue weighted by Gasteiger charge is 2.11. The second-order valence-electron chi connectivity index (χ2n) is 2.56. The minimum absolute atomic E-state index is 0.0340. The lowest BCUT2D eigenvalue weighted by Crippen LogP contribution is -2.10. The molecule has 0 amide bonds. The Morgan fingerprint density at radius 2 is 1.86 bits per heavy atom. The summed E-state index contributed by atoms with van der Waals surface area (Å²) in [5.41, 5.74) is 0.793. The van der Waals surface area contributed by atoms with Crippen molar-refractivity contribution < 1.29 is 19.1 Å². The van der Waals surface area contributed by atoms with Gasteiger partial charge in [0.1, 0.15) is 6.61 Å². The quantitative estimate of drug-likeness (QED) is 0.636. The van der Waals surface area contributed by atoms with E-state index in [4.69, 9.17) is 4.74 Å². The molecule has 0 heterocycles. The van der Waals surface area contributed by atoms with Crippen molar-refractivity contribution >= 4 is 12.9 Å². The zero-order valence-corrected chi connectivity index (χ0v) is 7.46. The van der Waals surface area contributed by atoms with Crippen molar-refractivity contribution in [1.82, 2.24) is 0 Å². The maximum absolute atomic E-state index is 10.2. The Kier molecular flexibility index (Phi) is 4.20. The van der Waals surface area contributed by atoms with Crippen LogP contribution in [0.5, 0.6) is 0 Å². The van der Waals surface area contributed by atoms with Crippen molar-refractivity contribution in [2.75, 3.05) is 6.61 Å². The van der Waals surface area contributed by atoms with Gasteiger partial charge in [0.25, 0.3) is 12.9 Å². The molecule has 0 aliphatic heterocycles. The third-order valence-corrected chi connectivity index (χ3v) is 1.71. The van der Waals surface area contributed by atoms with Crippen molar-refractivity contribution in [2.45, 2.75) is 6.10 Å². The fourth-order valence-corrected chi connectivity index (χ4v) is 1.08. The lowest BCUT2D eigenvalue weighted by Gasteiger charge is -2.13. The molecule has 0 aliphatic rings. The van der Waals surface area contributed by atoms with E-state index in [1.54, 1.807) is 12.1 Å². The predicted octanol–water partition coefficient (Wildman–Crippen LogP) is 1.07. The van der Waals surface area contributed by atoms with Gasteiger partial charge in [-0.2, -0.15) is 0 Å². The predicted molar refractivity (Wildman–Crippen MR) is 48.3 cm³/mol. The Morgan fingerprint density at radius 1 is 1.14 bits per heavy atom. The van der Waals surface area contributed by atoms with Crippen LogP contribution in [0.4, 0.5) is 0 Å². The molecule has 0 aliphatic carbocycles. The Hall–Kier alpha value is -1.84. The van der Waals surface area contributed by atoms with Gasteiger partial charge in [-0.05, 0) is 5.56 Å². The molecule has 1 atom stereocenters. The molecule has 1 aromatic carbocycles. The molecule has 0 unspecified atom stereocenters. The molecule has 0 radical (unpaired) electrons. The van der Waals surface area contributed by atoms with Gasteiger partial charge in [-0.1, -0.05) is 30.3 Å². The number of hydrogen-bond donors (Lipinski definition) is 0. The van der Waals surface area contributed by atoms with E-state index in [1.165, 1.54) is 0 Å². The number of carbonyl (C=O) groups is 2. The lowest BCUT2D eigenvalue weighted by atomic mass is 10.1. The van der Waals surface area contributed by atoms with Crippen LogP contribution in [0.1, 0.15) is 11.7 Å². The van der Waals surface area contributed by atoms with E-state index in [-0.39, 0.29) is 6.61 Å². The highest BCUT2D eigenvalue weighted by Crippen LogP contribution is 2.15. The molecule has 0 fully saturated rings. The summed E-state index contributed by atoms with van der Waals surface area (Å²) in [5, 5.41) is 0. The first-order valence-electron chi connectivity index (χ1n) is 4.07. The SMILES string of the molecule is O=COC[C@H](OC=O)c1ccccc1. The molecule has 0 spiro atoms. The summed E-state index contributed by atoms with van der Waals surface area (Å²) < 4.78 is 9.30. The normalized spacial score (nSPS) is 11.4. The van der Waals surface area contributed by atoms with E-state index in [9.17, 15) is 9.59 Å². The third kappa shape index (κ3) is 2.90. The van der Waals surface area contributed by atoms with Gasteiger partial charge in [0.05, 0.1) is 0 Å². The summed E-state index contributed by atoms with van der Waals surface area (Å²) in [7, 11) is 0. The number of hydrogen-bond acceptors (Lipinski definition) is 4. The zero-order valence-electron chi connectivity index (χ0n) is 7.46. The molecule has 0 saturated heterocycles. The van der Waals surface area contributed by atoms with Crippen molar-refractivity contribution in [1.29, 1.82) is 0 Å². The maximum Gasteiger partial charge on any atom is 0.293 e. The molecular formula is C10H10O4. The first kappa shape index (κ1) is 10.2. The Bertz CT molecular complexity index is 283. The largest absolute Gasteiger partial charge is 0.464 e. The molecule has 74 valence electrons. The van der Waals surface area contributed by atoms with Crippen molar-refractivity contribution in [3.63, 3.8) is 0 Å². The van der Waals surface area contributed by atoms with Gasteiger partial charge < -0.3 is 9.47 Å². The molecule has 14 heavy (non-hydrogen) atoms. The summed E-state index contributed by atoms with van der Waals surface area (Å²) in [6.45, 7) is 0.697. The van der Waals surface area contributed by atoms with Gasteiger partial charge in [0.2, 0.25) is 0 Å². The van der Waals surface area contributed by atoms with Gasteiger partial charge in [-0.3, -0.25) is 9.59 Å². The van der Waals surface area contributed by atoms with Crippen molar-refractivity contribution in [3.8, 4) is 0 Å². The van der Waals surface area contributed by atoms with Crippen LogP contribution in [-0.4, -0.2) is 19.6 Å². The number of benzene rings is 1. The first-order valence-corrected chi connectivity index (χ1v) is 4.07. The number of ether oxygens (including phenoxy) is 2. The van der Waals surface area contributed by atoms with E-state index in [0.29, 0.717) is 12.9 Å². The molecule has 1 aromatic rings. The number of carbonyl (C=O) groups excluding carboxylic acids is 2. The van der Waals surface area contributed by atoms with Gasteiger partial charge in [0.15, 0.2) is 6.10 Å². The van der Waals surface area contributed by atoms with Crippen LogP contribution in [0.15, 0.2) is 30.3 Å². The second-order valence-corrected chi connectivity index (χ2v) is 2.56. The third-order valence-electron chi connectivity index (χ3n) is 1.71. The van der Waals surface area contributed by atoms with Crippen LogP contribution >= 0.6 is 0 Å². The molecule has 0 aromatic heterocycles. The standard InChI is InChI=1S/C10H10O4/c11-7-13-6-10(14-8-12)9-4-2-1-3-5-9/h1-5,7-8,10H,6H2/t10-/m0/s1. The average molecular weight is 194 g/mol. The summed E-state index contributed by atoms with van der Waals surface area (Å²) in [4.78, 5) is 20.2. The summed E-state index contributed by atoms with van der Waals surface area (Å²) in [6, 6.07) is 9.07. The minimum Gasteiger partial charge on any atom is -0.464 e. The van der Waals surface area contributed by atoms with Gasteiger partial charge in [-0.15, -0.1) is 0 Å². The molecule has 0 saturated carbocycles. The smallest absolute Gasteiger partial charge is 0.293 e. The number of rotatable bonds is 6. The van der Waals surface area contributed by atoms with Crippen molar-refractivity contribution in [3.05, 3.63) is 35.9 Å². The first-order chi connectivity index (χ1) is 6.88. The zero-order chi connectivity index (χ0) is 10.2. The topological polar surface area (TPSA) is 52.6 Å². The van der Waals surface area contributed by atoms with Crippen LogP contribution in [0.3, 0.4) is 0 Å². The van der Waals surface area contributed by atoms with Crippen LogP contribution in [0.2, 0.25) is 0 Å². The van der Waals surface area contributed by atoms with Crippen LogP contribution in [0, 0.1) is 0 Å². The Labute approximate surface area is 81.4 Å². The monoisotopic (exact) mass is 194 g/mol. The van der Waals surface area contributed by atoms with E-state index < -0.39 is 6.10 Å². The molecule has 4 nitrogen and oxygen atoms in total. The van der Waals surface area contributed by atoms with Crippen LogP contribution < -0.4 is 0 Å². The molecule has 4 heteroatoms. The van der Waals surface area contributed by atoms with E-state index in [0.717, 1.165) is 5.56 Å². The Morgan fingerprint density at radius 3 is 2.43 bits per heavy atom. The van der Waals surface area contributed by atoms with E-state index >= 15 is 0 Å². The van der Waals surface area contributed by atoms with Crippen molar-refractivity contribution in [2.24, 2.45) is 0 Å². The van der Waals surface area contributed by atoms with E-state index in [2.05, 4.69) is 4.74 Å². The molecule has 0 bridgehead atoms. The summed E-state index contributed by atoms with van der Waals surface area (Å²) in [5.74, 6) is 0. The highest BCUT2D eigenvalue weighted by molar-refractivity contribution is 5.40. The molecular weight excluding hydrogens is 184 g/mol. The van der Waals surface area contributed by atoms with Gasteiger partial charge in [0, 0.05) is 0 Å². The fourth-order valence-electron chi connectivity index (χ4n) is 1.08. The minimum atomic E-state index is -0.529. The van der Waals surface area contributed by atoms with Gasteiger partial charge in [-0.25, -0.2) is 0 Å². The van der Waals surface area contributed by atoms with E-state index in [1.807, 2.05) is 18.2 Å². The summed E-state index contributed by atoms with van der Waals surface area (Å²) in [6.07, 6.45) is -0.529. The second kappa shape index (κ2) is 5.75. The molecule has 0 N–H and O–H groups in total. The fraction of sp³-hybridized carbons (Fsp3) is 0.200. The highest BCUT2D eigenvalue weighted by atomic mass is 16.6. The molecule has 1 rings (SSSR count).